The standard InChI is InChI=1S/C22H36N4O/c1-4-7-20-17-12-18(21-8-5-6-11-26(20)21)14-25(13-17)22(27)10-9-19-15(2)16(3)23-24-19/h17-18,20-21H,4-14H2,1-3H3,(H,23,24)/t17-,18+,20-,21-/m0/s1. The summed E-state index contributed by atoms with van der Waals surface area (Å²) in [7, 11) is 0. The Labute approximate surface area is 163 Å². The van der Waals surface area contributed by atoms with Crippen molar-refractivity contribution in [3.05, 3.63) is 17.0 Å². The molecule has 27 heavy (non-hydrogen) atoms. The number of fused-ring (bicyclic) bond motifs is 4. The van der Waals surface area contributed by atoms with E-state index in [-0.39, 0.29) is 0 Å². The minimum Gasteiger partial charge on any atom is -0.342 e. The molecule has 3 aliphatic rings. The van der Waals surface area contributed by atoms with Crippen molar-refractivity contribution < 1.29 is 4.79 Å². The molecule has 3 aliphatic heterocycles. The molecule has 1 N–H and O–H groups in total. The predicted octanol–water partition coefficient (Wildman–Crippen LogP) is 3.46. The molecular weight excluding hydrogens is 336 g/mol. The molecule has 4 atom stereocenters. The van der Waals surface area contributed by atoms with Crippen molar-refractivity contribution in [2.45, 2.75) is 84.2 Å². The zero-order valence-electron chi connectivity index (χ0n) is 17.3. The summed E-state index contributed by atoms with van der Waals surface area (Å²) in [5.74, 6) is 1.70. The van der Waals surface area contributed by atoms with E-state index in [1.54, 1.807) is 0 Å². The van der Waals surface area contributed by atoms with Crippen molar-refractivity contribution >= 4 is 5.91 Å². The Hall–Kier alpha value is -1.36. The van der Waals surface area contributed by atoms with Crippen LogP contribution in [0.15, 0.2) is 0 Å². The number of aromatic amines is 1. The average Bonchev–Trinajstić information content (AvgIpc) is 3.01. The number of likely N-dealkylation sites (tertiary alicyclic amines) is 1. The average molecular weight is 373 g/mol. The second-order valence-electron chi connectivity index (χ2n) is 9.13. The Bertz CT molecular complexity index is 669. The molecule has 3 fully saturated rings. The summed E-state index contributed by atoms with van der Waals surface area (Å²) in [4.78, 5) is 18.1. The lowest BCUT2D eigenvalue weighted by Gasteiger charge is -2.57. The summed E-state index contributed by atoms with van der Waals surface area (Å²) < 4.78 is 0. The number of nitrogens with one attached hydrogen (secondary N) is 1. The van der Waals surface area contributed by atoms with Gasteiger partial charge in [0.1, 0.15) is 0 Å². The van der Waals surface area contributed by atoms with Crippen LogP contribution in [0.3, 0.4) is 0 Å². The van der Waals surface area contributed by atoms with Gasteiger partial charge in [-0.25, -0.2) is 0 Å². The van der Waals surface area contributed by atoms with Crippen LogP contribution in [-0.2, 0) is 11.2 Å². The highest BCUT2D eigenvalue weighted by Gasteiger charge is 2.47. The SMILES string of the molecule is CCC[C@H]1[C@H]2C[C@H](CN(C(=O)CCc3n[nH]c(C)c3C)C2)[C@@H]2CCCCN21. The zero-order valence-corrected chi connectivity index (χ0v) is 17.3. The number of hydrogen-bond acceptors (Lipinski definition) is 3. The van der Waals surface area contributed by atoms with Crippen molar-refractivity contribution in [3.8, 4) is 0 Å². The third kappa shape index (κ3) is 3.67. The summed E-state index contributed by atoms with van der Waals surface area (Å²) in [6.45, 7) is 9.69. The first kappa shape index (κ1) is 19.0. The van der Waals surface area contributed by atoms with Crippen LogP contribution in [0.2, 0.25) is 0 Å². The van der Waals surface area contributed by atoms with Crippen LogP contribution in [-0.4, -0.2) is 57.6 Å². The van der Waals surface area contributed by atoms with Crippen LogP contribution in [0.25, 0.3) is 0 Å². The molecular formula is C22H36N4O. The number of piperidine rings is 3. The molecule has 1 aromatic rings. The largest absolute Gasteiger partial charge is 0.342 e. The van der Waals surface area contributed by atoms with E-state index in [0.29, 0.717) is 30.2 Å². The van der Waals surface area contributed by atoms with E-state index in [1.807, 2.05) is 6.92 Å². The molecule has 4 heterocycles. The van der Waals surface area contributed by atoms with Crippen molar-refractivity contribution in [1.82, 2.24) is 20.0 Å². The van der Waals surface area contributed by atoms with E-state index >= 15 is 0 Å². The second-order valence-corrected chi connectivity index (χ2v) is 9.13. The van der Waals surface area contributed by atoms with E-state index < -0.39 is 0 Å². The molecule has 5 nitrogen and oxygen atoms in total. The van der Waals surface area contributed by atoms with Crippen LogP contribution in [0.4, 0.5) is 0 Å². The Morgan fingerprint density at radius 2 is 2.04 bits per heavy atom. The molecule has 0 aromatic carbocycles. The van der Waals surface area contributed by atoms with Gasteiger partial charge < -0.3 is 4.90 Å². The van der Waals surface area contributed by atoms with Gasteiger partial charge in [0.05, 0.1) is 5.69 Å². The topological polar surface area (TPSA) is 52.2 Å². The number of carbonyl (C=O) groups is 1. The molecule has 3 saturated heterocycles. The lowest BCUT2D eigenvalue weighted by atomic mass is 9.71. The zero-order chi connectivity index (χ0) is 19.0. The number of amides is 1. The van der Waals surface area contributed by atoms with E-state index in [9.17, 15) is 4.79 Å². The third-order valence-corrected chi connectivity index (χ3v) is 7.49. The van der Waals surface area contributed by atoms with Gasteiger partial charge in [-0.15, -0.1) is 0 Å². The minimum atomic E-state index is 0.337. The molecule has 0 spiro atoms. The van der Waals surface area contributed by atoms with Gasteiger partial charge in [-0.1, -0.05) is 19.8 Å². The number of aromatic nitrogens is 2. The molecule has 150 valence electrons. The Kier molecular flexibility index (Phi) is 5.58. The van der Waals surface area contributed by atoms with Crippen molar-refractivity contribution in [3.63, 3.8) is 0 Å². The molecule has 0 radical (unpaired) electrons. The van der Waals surface area contributed by atoms with Crippen LogP contribution >= 0.6 is 0 Å². The maximum Gasteiger partial charge on any atom is 0.222 e. The van der Waals surface area contributed by atoms with Crippen LogP contribution in [0.5, 0.6) is 0 Å². The summed E-state index contributed by atoms with van der Waals surface area (Å²) in [5, 5.41) is 7.42. The molecule has 1 aromatic heterocycles. The Balaban J connectivity index is 1.43. The first-order chi connectivity index (χ1) is 13.1. The monoisotopic (exact) mass is 372 g/mol. The molecule has 5 heteroatoms. The van der Waals surface area contributed by atoms with Crippen molar-refractivity contribution in [2.75, 3.05) is 19.6 Å². The smallest absolute Gasteiger partial charge is 0.222 e. The maximum atomic E-state index is 13.0. The summed E-state index contributed by atoms with van der Waals surface area (Å²) in [6, 6.07) is 1.42. The number of carbonyl (C=O) groups excluding carboxylic acids is 1. The van der Waals surface area contributed by atoms with E-state index in [2.05, 4.69) is 33.8 Å². The van der Waals surface area contributed by atoms with Gasteiger partial charge in [-0.2, -0.15) is 5.10 Å². The highest BCUT2D eigenvalue weighted by atomic mass is 16.2. The molecule has 0 unspecified atom stereocenters. The Morgan fingerprint density at radius 1 is 1.22 bits per heavy atom. The van der Waals surface area contributed by atoms with Crippen LogP contribution in [0.1, 0.15) is 68.8 Å². The molecule has 2 bridgehead atoms. The van der Waals surface area contributed by atoms with E-state index in [1.165, 1.54) is 50.6 Å². The van der Waals surface area contributed by atoms with Gasteiger partial charge >= 0.3 is 0 Å². The molecule has 0 aliphatic carbocycles. The van der Waals surface area contributed by atoms with Crippen molar-refractivity contribution in [1.29, 1.82) is 0 Å². The number of H-pyrrole nitrogens is 1. The summed E-state index contributed by atoms with van der Waals surface area (Å²) in [6.07, 6.45) is 9.31. The normalized spacial score (nSPS) is 31.0. The predicted molar refractivity (Wildman–Crippen MR) is 108 cm³/mol. The minimum absolute atomic E-state index is 0.337. The quantitative estimate of drug-likeness (QED) is 0.861. The van der Waals surface area contributed by atoms with Gasteiger partial charge in [0.25, 0.3) is 0 Å². The van der Waals surface area contributed by atoms with Gasteiger partial charge in [0, 0.05) is 43.7 Å². The van der Waals surface area contributed by atoms with Gasteiger partial charge in [0.2, 0.25) is 5.91 Å². The van der Waals surface area contributed by atoms with Crippen LogP contribution in [0, 0.1) is 25.7 Å². The number of nitrogens with zero attached hydrogens (tertiary/aromatic N) is 3. The lowest BCUT2D eigenvalue weighted by molar-refractivity contribution is -0.141. The maximum absolute atomic E-state index is 13.0. The Morgan fingerprint density at radius 3 is 2.78 bits per heavy atom. The highest BCUT2D eigenvalue weighted by Crippen LogP contribution is 2.42. The number of aryl methyl sites for hydroxylation is 2. The first-order valence-electron chi connectivity index (χ1n) is 11.1. The van der Waals surface area contributed by atoms with E-state index in [0.717, 1.165) is 36.9 Å². The second kappa shape index (κ2) is 7.94. The molecule has 4 rings (SSSR count). The number of rotatable bonds is 5. The van der Waals surface area contributed by atoms with E-state index in [4.69, 9.17) is 0 Å². The van der Waals surface area contributed by atoms with Crippen molar-refractivity contribution in [2.24, 2.45) is 11.8 Å². The fourth-order valence-electron chi connectivity index (χ4n) is 5.97. The summed E-state index contributed by atoms with van der Waals surface area (Å²) in [5.41, 5.74) is 3.38. The van der Waals surface area contributed by atoms with Gasteiger partial charge in [-0.3, -0.25) is 14.8 Å². The lowest BCUT2D eigenvalue weighted by Crippen LogP contribution is -2.64. The van der Waals surface area contributed by atoms with Gasteiger partial charge in [-0.05, 0) is 63.5 Å². The fourth-order valence-corrected chi connectivity index (χ4v) is 5.97. The highest BCUT2D eigenvalue weighted by molar-refractivity contribution is 5.76. The first-order valence-corrected chi connectivity index (χ1v) is 11.1. The van der Waals surface area contributed by atoms with Crippen LogP contribution < -0.4 is 0 Å². The summed E-state index contributed by atoms with van der Waals surface area (Å²) >= 11 is 0. The molecule has 1 amide bonds. The third-order valence-electron chi connectivity index (χ3n) is 7.49. The van der Waals surface area contributed by atoms with Gasteiger partial charge in [0.15, 0.2) is 0 Å². The molecule has 0 saturated carbocycles. The number of hydrogen-bond donors (Lipinski definition) is 1. The fraction of sp³-hybridized carbons (Fsp3) is 0.818.